The number of ether oxygens (including phenoxy) is 1. The average molecular weight is 220 g/mol. The summed E-state index contributed by atoms with van der Waals surface area (Å²) in [7, 11) is 0. The Hall–Kier alpha value is -1.31. The minimum atomic E-state index is -0.124. The highest BCUT2D eigenvalue weighted by atomic mass is 16.5. The summed E-state index contributed by atoms with van der Waals surface area (Å²) in [6.07, 6.45) is 10.9. The van der Waals surface area contributed by atoms with E-state index in [0.29, 0.717) is 12.8 Å². The van der Waals surface area contributed by atoms with Crippen molar-refractivity contribution in [2.24, 2.45) is 0 Å². The third kappa shape index (κ3) is 4.47. The number of allylic oxidation sites excluding steroid dienone is 3. The van der Waals surface area contributed by atoms with Crippen molar-refractivity contribution < 1.29 is 9.53 Å². The van der Waals surface area contributed by atoms with Gasteiger partial charge in [-0.2, -0.15) is 0 Å². The van der Waals surface area contributed by atoms with Crippen LogP contribution in [0.5, 0.6) is 0 Å². The highest BCUT2D eigenvalue weighted by Gasteiger charge is 2.16. The molecule has 0 spiro atoms. The third-order valence-corrected chi connectivity index (χ3v) is 2.65. The predicted molar refractivity (Wildman–Crippen MR) is 66.1 cm³/mol. The standard InChI is InChI=1S/C14H20O2/c1-3-5-10-14(15)16-13-9-6-8-12(11-13)7-4-2/h3-4,11,13H,1-2,5-10H2. The van der Waals surface area contributed by atoms with E-state index < -0.39 is 0 Å². The second kappa shape index (κ2) is 7.04. The van der Waals surface area contributed by atoms with Crippen molar-refractivity contribution in [1.82, 2.24) is 0 Å². The molecule has 0 saturated carbocycles. The molecular weight excluding hydrogens is 200 g/mol. The monoisotopic (exact) mass is 220 g/mol. The third-order valence-electron chi connectivity index (χ3n) is 2.65. The largest absolute Gasteiger partial charge is 0.458 e. The molecule has 1 aliphatic carbocycles. The number of carbonyl (C=O) groups is 1. The molecule has 0 radical (unpaired) electrons. The van der Waals surface area contributed by atoms with E-state index in [4.69, 9.17) is 4.74 Å². The van der Waals surface area contributed by atoms with Crippen LogP contribution in [0, 0.1) is 0 Å². The number of rotatable bonds is 6. The molecule has 0 aliphatic heterocycles. The van der Waals surface area contributed by atoms with Crippen molar-refractivity contribution in [1.29, 1.82) is 0 Å². The van der Waals surface area contributed by atoms with Crippen molar-refractivity contribution in [2.45, 2.75) is 44.6 Å². The molecule has 1 rings (SSSR count). The Morgan fingerprint density at radius 3 is 3.00 bits per heavy atom. The summed E-state index contributed by atoms with van der Waals surface area (Å²) in [4.78, 5) is 11.4. The molecule has 0 saturated heterocycles. The summed E-state index contributed by atoms with van der Waals surface area (Å²) < 4.78 is 5.37. The highest BCUT2D eigenvalue weighted by molar-refractivity contribution is 5.69. The van der Waals surface area contributed by atoms with Gasteiger partial charge in [-0.1, -0.05) is 17.7 Å². The van der Waals surface area contributed by atoms with E-state index >= 15 is 0 Å². The van der Waals surface area contributed by atoms with E-state index in [1.165, 1.54) is 5.57 Å². The van der Waals surface area contributed by atoms with Gasteiger partial charge in [0, 0.05) is 6.42 Å². The van der Waals surface area contributed by atoms with Gasteiger partial charge in [-0.3, -0.25) is 4.79 Å². The zero-order chi connectivity index (χ0) is 11.8. The Labute approximate surface area is 97.7 Å². The van der Waals surface area contributed by atoms with Crippen molar-refractivity contribution in [3.63, 3.8) is 0 Å². The van der Waals surface area contributed by atoms with Gasteiger partial charge in [-0.05, 0) is 38.2 Å². The van der Waals surface area contributed by atoms with Crippen molar-refractivity contribution >= 4 is 5.97 Å². The molecule has 0 heterocycles. The molecule has 2 heteroatoms. The second-order valence-corrected chi connectivity index (χ2v) is 4.07. The lowest BCUT2D eigenvalue weighted by molar-refractivity contribution is -0.147. The van der Waals surface area contributed by atoms with Gasteiger partial charge in [0.15, 0.2) is 0 Å². The number of esters is 1. The predicted octanol–water partition coefficient (Wildman–Crippen LogP) is 3.55. The summed E-state index contributed by atoms with van der Waals surface area (Å²) in [5.74, 6) is -0.124. The van der Waals surface area contributed by atoms with Gasteiger partial charge in [-0.15, -0.1) is 13.2 Å². The smallest absolute Gasteiger partial charge is 0.306 e. The van der Waals surface area contributed by atoms with E-state index in [-0.39, 0.29) is 12.1 Å². The van der Waals surface area contributed by atoms with Crippen LogP contribution in [0.15, 0.2) is 37.0 Å². The fourth-order valence-corrected chi connectivity index (χ4v) is 1.86. The van der Waals surface area contributed by atoms with Crippen LogP contribution in [0.1, 0.15) is 38.5 Å². The van der Waals surface area contributed by atoms with Gasteiger partial charge in [0.2, 0.25) is 0 Å². The zero-order valence-electron chi connectivity index (χ0n) is 9.78. The molecule has 0 aromatic carbocycles. The van der Waals surface area contributed by atoms with Gasteiger partial charge >= 0.3 is 5.97 Å². The average Bonchev–Trinajstić information content (AvgIpc) is 2.27. The molecule has 0 amide bonds. The zero-order valence-corrected chi connectivity index (χ0v) is 9.78. The van der Waals surface area contributed by atoms with Crippen LogP contribution in [-0.2, 0) is 9.53 Å². The van der Waals surface area contributed by atoms with Gasteiger partial charge in [-0.25, -0.2) is 0 Å². The quantitative estimate of drug-likeness (QED) is 0.505. The maximum atomic E-state index is 11.4. The summed E-state index contributed by atoms with van der Waals surface area (Å²) in [5.41, 5.74) is 1.34. The molecular formula is C14H20O2. The van der Waals surface area contributed by atoms with Gasteiger partial charge < -0.3 is 4.74 Å². The summed E-state index contributed by atoms with van der Waals surface area (Å²) in [6.45, 7) is 7.31. The second-order valence-electron chi connectivity index (χ2n) is 4.07. The number of carbonyl (C=O) groups excluding carboxylic acids is 1. The van der Waals surface area contributed by atoms with Crippen LogP contribution >= 0.6 is 0 Å². The van der Waals surface area contributed by atoms with Crippen LogP contribution in [0.2, 0.25) is 0 Å². The molecule has 0 fully saturated rings. The Morgan fingerprint density at radius 2 is 2.31 bits per heavy atom. The topological polar surface area (TPSA) is 26.3 Å². The number of hydrogen-bond acceptors (Lipinski definition) is 2. The maximum Gasteiger partial charge on any atom is 0.306 e. The van der Waals surface area contributed by atoms with Crippen molar-refractivity contribution in [2.75, 3.05) is 0 Å². The van der Waals surface area contributed by atoms with Crippen LogP contribution in [-0.4, -0.2) is 12.1 Å². The van der Waals surface area contributed by atoms with E-state index in [1.54, 1.807) is 6.08 Å². The molecule has 1 unspecified atom stereocenters. The van der Waals surface area contributed by atoms with Crippen molar-refractivity contribution in [3.05, 3.63) is 37.0 Å². The summed E-state index contributed by atoms with van der Waals surface area (Å²) in [6, 6.07) is 0. The van der Waals surface area contributed by atoms with Crippen LogP contribution in [0.3, 0.4) is 0 Å². The van der Waals surface area contributed by atoms with E-state index in [0.717, 1.165) is 25.7 Å². The molecule has 0 N–H and O–H groups in total. The molecule has 0 aromatic heterocycles. The van der Waals surface area contributed by atoms with Gasteiger partial charge in [0.25, 0.3) is 0 Å². The molecule has 16 heavy (non-hydrogen) atoms. The van der Waals surface area contributed by atoms with Gasteiger partial charge in [0.1, 0.15) is 6.10 Å². The van der Waals surface area contributed by atoms with Crippen LogP contribution in [0.25, 0.3) is 0 Å². The molecule has 2 nitrogen and oxygen atoms in total. The van der Waals surface area contributed by atoms with Crippen LogP contribution in [0.4, 0.5) is 0 Å². The SMILES string of the molecule is C=CCCC(=O)OC1C=C(CC=C)CCC1. The first-order valence-corrected chi connectivity index (χ1v) is 5.87. The normalized spacial score (nSPS) is 19.8. The van der Waals surface area contributed by atoms with E-state index in [9.17, 15) is 4.79 Å². The summed E-state index contributed by atoms with van der Waals surface area (Å²) in [5, 5.41) is 0. The Morgan fingerprint density at radius 1 is 1.50 bits per heavy atom. The maximum absolute atomic E-state index is 11.4. The first-order valence-electron chi connectivity index (χ1n) is 5.87. The van der Waals surface area contributed by atoms with E-state index in [1.807, 2.05) is 6.08 Å². The molecule has 88 valence electrons. The van der Waals surface area contributed by atoms with E-state index in [2.05, 4.69) is 19.2 Å². The summed E-state index contributed by atoms with van der Waals surface area (Å²) >= 11 is 0. The fraction of sp³-hybridized carbons (Fsp3) is 0.500. The minimum Gasteiger partial charge on any atom is -0.458 e. The highest BCUT2D eigenvalue weighted by Crippen LogP contribution is 2.23. The fourth-order valence-electron chi connectivity index (χ4n) is 1.86. The molecule has 1 atom stereocenters. The Balaban J connectivity index is 2.41. The Bertz CT molecular complexity index is 289. The Kier molecular flexibility index (Phi) is 5.62. The first kappa shape index (κ1) is 12.8. The molecule has 0 bridgehead atoms. The minimum absolute atomic E-state index is 0.0268. The number of hydrogen-bond donors (Lipinski definition) is 0. The molecule has 0 aromatic rings. The molecule has 1 aliphatic rings. The lowest BCUT2D eigenvalue weighted by Gasteiger charge is -2.20. The van der Waals surface area contributed by atoms with Crippen molar-refractivity contribution in [3.8, 4) is 0 Å². The van der Waals surface area contributed by atoms with Crippen LogP contribution < -0.4 is 0 Å². The lowest BCUT2D eigenvalue weighted by Crippen LogP contribution is -2.19. The lowest BCUT2D eigenvalue weighted by atomic mass is 9.95. The van der Waals surface area contributed by atoms with Gasteiger partial charge in [0.05, 0.1) is 0 Å². The first-order chi connectivity index (χ1) is 7.76.